The summed E-state index contributed by atoms with van der Waals surface area (Å²) in [7, 11) is 1.34. The van der Waals surface area contributed by atoms with Crippen molar-refractivity contribution in [3.63, 3.8) is 0 Å². The number of anilines is 2. The molecule has 0 radical (unpaired) electrons. The van der Waals surface area contributed by atoms with Crippen LogP contribution in [0, 0.1) is 6.92 Å². The van der Waals surface area contributed by atoms with Gasteiger partial charge in [-0.1, -0.05) is 11.6 Å². The van der Waals surface area contributed by atoms with Gasteiger partial charge in [0, 0.05) is 28.7 Å². The first-order valence-electron chi connectivity index (χ1n) is 8.86. The standard InChI is InChI=1S/C21H19ClN4O4/c1-13-11-15(5-8-18(13)22)25-21(28)24-14-3-6-16(7-4-14)30-17-9-10-23-19(12-17)20(27)26-29-2/h3-12H,1-2H3,(H,26,27)(H2,24,25,28). The van der Waals surface area contributed by atoms with Gasteiger partial charge < -0.3 is 15.4 Å². The molecule has 0 aliphatic heterocycles. The number of halogens is 1. The smallest absolute Gasteiger partial charge is 0.323 e. The van der Waals surface area contributed by atoms with E-state index in [9.17, 15) is 9.59 Å². The molecular formula is C21H19ClN4O4. The molecule has 0 saturated heterocycles. The molecule has 0 aliphatic carbocycles. The lowest BCUT2D eigenvalue weighted by Crippen LogP contribution is -2.22. The normalized spacial score (nSPS) is 10.2. The van der Waals surface area contributed by atoms with E-state index >= 15 is 0 Å². The van der Waals surface area contributed by atoms with Crippen molar-refractivity contribution in [2.45, 2.75) is 6.92 Å². The minimum atomic E-state index is -0.482. The van der Waals surface area contributed by atoms with Gasteiger partial charge in [-0.05, 0) is 61.0 Å². The molecule has 0 aliphatic rings. The van der Waals surface area contributed by atoms with E-state index in [-0.39, 0.29) is 11.7 Å². The first kappa shape index (κ1) is 21.1. The third kappa shape index (κ3) is 5.69. The van der Waals surface area contributed by atoms with Gasteiger partial charge in [-0.25, -0.2) is 10.3 Å². The fourth-order valence-corrected chi connectivity index (χ4v) is 2.62. The molecule has 30 heavy (non-hydrogen) atoms. The number of aryl methyl sites for hydroxylation is 1. The largest absolute Gasteiger partial charge is 0.457 e. The van der Waals surface area contributed by atoms with E-state index in [2.05, 4.69) is 25.9 Å². The van der Waals surface area contributed by atoms with Crippen molar-refractivity contribution in [3.8, 4) is 11.5 Å². The Balaban J connectivity index is 1.59. The van der Waals surface area contributed by atoms with E-state index in [0.717, 1.165) is 5.56 Å². The van der Waals surface area contributed by atoms with Crippen LogP contribution in [-0.2, 0) is 4.84 Å². The van der Waals surface area contributed by atoms with Gasteiger partial charge in [-0.15, -0.1) is 0 Å². The van der Waals surface area contributed by atoms with Gasteiger partial charge in [0.25, 0.3) is 5.91 Å². The average molecular weight is 427 g/mol. The molecule has 0 atom stereocenters. The van der Waals surface area contributed by atoms with E-state index in [4.69, 9.17) is 16.3 Å². The third-order valence-corrected chi connectivity index (χ3v) is 4.35. The highest BCUT2D eigenvalue weighted by Gasteiger charge is 2.09. The van der Waals surface area contributed by atoms with Crippen LogP contribution in [0.3, 0.4) is 0 Å². The number of urea groups is 1. The van der Waals surface area contributed by atoms with E-state index in [1.165, 1.54) is 19.4 Å². The number of hydrogen-bond acceptors (Lipinski definition) is 5. The maximum absolute atomic E-state index is 12.2. The number of carbonyl (C=O) groups excluding carboxylic acids is 2. The minimum absolute atomic E-state index is 0.154. The predicted molar refractivity (Wildman–Crippen MR) is 114 cm³/mol. The van der Waals surface area contributed by atoms with Crippen LogP contribution < -0.4 is 20.9 Å². The first-order valence-corrected chi connectivity index (χ1v) is 9.24. The predicted octanol–water partition coefficient (Wildman–Crippen LogP) is 4.77. The Hall–Kier alpha value is -3.62. The van der Waals surface area contributed by atoms with Gasteiger partial charge in [0.2, 0.25) is 0 Å². The summed E-state index contributed by atoms with van der Waals surface area (Å²) < 4.78 is 5.73. The Morgan fingerprint density at radius 3 is 2.33 bits per heavy atom. The topological polar surface area (TPSA) is 102 Å². The van der Waals surface area contributed by atoms with Crippen molar-refractivity contribution in [2.24, 2.45) is 0 Å². The van der Waals surface area contributed by atoms with Crippen LogP contribution in [0.15, 0.2) is 60.8 Å². The number of ether oxygens (including phenoxy) is 1. The Labute approximate surface area is 178 Å². The fraction of sp³-hybridized carbons (Fsp3) is 0.0952. The summed E-state index contributed by atoms with van der Waals surface area (Å²) in [6.07, 6.45) is 1.46. The number of nitrogens with zero attached hydrogens (tertiary/aromatic N) is 1. The molecule has 3 amide bonds. The lowest BCUT2D eigenvalue weighted by atomic mass is 10.2. The molecule has 0 fully saturated rings. The van der Waals surface area contributed by atoms with Crippen LogP contribution in [0.2, 0.25) is 5.02 Å². The van der Waals surface area contributed by atoms with E-state index in [1.807, 2.05) is 6.92 Å². The molecule has 9 heteroatoms. The van der Waals surface area contributed by atoms with Crippen LogP contribution >= 0.6 is 11.6 Å². The quantitative estimate of drug-likeness (QED) is 0.493. The zero-order valence-electron chi connectivity index (χ0n) is 16.2. The lowest BCUT2D eigenvalue weighted by Gasteiger charge is -2.10. The molecule has 154 valence electrons. The SMILES string of the molecule is CONC(=O)c1cc(Oc2ccc(NC(=O)Nc3ccc(Cl)c(C)c3)cc2)ccn1. The van der Waals surface area contributed by atoms with Crippen molar-refractivity contribution in [1.29, 1.82) is 0 Å². The maximum atomic E-state index is 12.2. The Bertz CT molecular complexity index is 1060. The lowest BCUT2D eigenvalue weighted by molar-refractivity contribution is 0.0532. The second kappa shape index (κ2) is 9.73. The van der Waals surface area contributed by atoms with Gasteiger partial charge in [0.05, 0.1) is 7.11 Å². The maximum Gasteiger partial charge on any atom is 0.323 e. The van der Waals surface area contributed by atoms with Crippen LogP contribution in [0.4, 0.5) is 16.2 Å². The number of rotatable bonds is 6. The highest BCUT2D eigenvalue weighted by atomic mass is 35.5. The highest BCUT2D eigenvalue weighted by Crippen LogP contribution is 2.24. The van der Waals surface area contributed by atoms with Crippen molar-refractivity contribution < 1.29 is 19.2 Å². The van der Waals surface area contributed by atoms with E-state index in [0.29, 0.717) is 27.9 Å². The van der Waals surface area contributed by atoms with Gasteiger partial charge in [-0.3, -0.25) is 14.6 Å². The van der Waals surface area contributed by atoms with E-state index < -0.39 is 5.91 Å². The van der Waals surface area contributed by atoms with Gasteiger partial charge in [0.15, 0.2) is 0 Å². The van der Waals surface area contributed by atoms with Crippen LogP contribution in [0.25, 0.3) is 0 Å². The summed E-state index contributed by atoms with van der Waals surface area (Å²) in [5.41, 5.74) is 4.44. The molecule has 0 saturated carbocycles. The Morgan fingerprint density at radius 1 is 0.933 bits per heavy atom. The summed E-state index contributed by atoms with van der Waals surface area (Å²) >= 11 is 5.99. The number of aromatic nitrogens is 1. The number of pyridine rings is 1. The summed E-state index contributed by atoms with van der Waals surface area (Å²) in [6.45, 7) is 1.86. The molecule has 1 aromatic heterocycles. The number of amides is 3. The van der Waals surface area contributed by atoms with Crippen LogP contribution in [0.5, 0.6) is 11.5 Å². The molecule has 2 aromatic carbocycles. The van der Waals surface area contributed by atoms with Gasteiger partial charge in [0.1, 0.15) is 17.2 Å². The zero-order valence-corrected chi connectivity index (χ0v) is 17.0. The molecule has 3 N–H and O–H groups in total. The molecule has 1 heterocycles. The summed E-state index contributed by atoms with van der Waals surface area (Å²) in [6, 6.07) is 14.7. The molecule has 3 rings (SSSR count). The second-order valence-electron chi connectivity index (χ2n) is 6.18. The zero-order chi connectivity index (χ0) is 21.5. The number of hydroxylamine groups is 1. The van der Waals surface area contributed by atoms with Crippen molar-refractivity contribution in [1.82, 2.24) is 10.5 Å². The molecule has 0 bridgehead atoms. The van der Waals surface area contributed by atoms with Crippen LogP contribution in [0.1, 0.15) is 16.1 Å². The molecule has 0 unspecified atom stereocenters. The van der Waals surface area contributed by atoms with Crippen molar-refractivity contribution >= 4 is 34.9 Å². The van der Waals surface area contributed by atoms with Crippen molar-refractivity contribution in [3.05, 3.63) is 77.1 Å². The molecule has 8 nitrogen and oxygen atoms in total. The average Bonchev–Trinajstić information content (AvgIpc) is 2.72. The summed E-state index contributed by atoms with van der Waals surface area (Å²) in [5.74, 6) is 0.478. The first-order chi connectivity index (χ1) is 14.4. The number of benzene rings is 2. The summed E-state index contributed by atoms with van der Waals surface area (Å²) in [5, 5.41) is 6.12. The Morgan fingerprint density at radius 2 is 1.63 bits per heavy atom. The number of hydrogen-bond donors (Lipinski definition) is 3. The van der Waals surface area contributed by atoms with Gasteiger partial charge >= 0.3 is 6.03 Å². The fourth-order valence-electron chi connectivity index (χ4n) is 2.50. The molecule has 0 spiro atoms. The second-order valence-corrected chi connectivity index (χ2v) is 6.59. The monoisotopic (exact) mass is 426 g/mol. The van der Waals surface area contributed by atoms with Crippen molar-refractivity contribution in [2.75, 3.05) is 17.7 Å². The number of carbonyl (C=O) groups is 2. The molecular weight excluding hydrogens is 408 g/mol. The van der Waals surface area contributed by atoms with E-state index in [1.54, 1.807) is 48.5 Å². The third-order valence-electron chi connectivity index (χ3n) is 3.92. The van der Waals surface area contributed by atoms with Crippen LogP contribution in [-0.4, -0.2) is 24.0 Å². The number of nitrogens with one attached hydrogen (secondary N) is 3. The minimum Gasteiger partial charge on any atom is -0.457 e. The summed E-state index contributed by atoms with van der Waals surface area (Å²) in [4.78, 5) is 32.5. The highest BCUT2D eigenvalue weighted by molar-refractivity contribution is 6.31. The molecule has 3 aromatic rings. The Kier molecular flexibility index (Phi) is 6.84. The van der Waals surface area contributed by atoms with Gasteiger partial charge in [-0.2, -0.15) is 0 Å².